The van der Waals surface area contributed by atoms with Crippen molar-refractivity contribution in [1.29, 1.82) is 0 Å². The van der Waals surface area contributed by atoms with E-state index in [0.717, 1.165) is 22.6 Å². The van der Waals surface area contributed by atoms with E-state index in [1.807, 2.05) is 30.3 Å². The maximum Gasteiger partial charge on any atom is 0.220 e. The molecule has 25 heavy (non-hydrogen) atoms. The standard InChI is InChI=1S/C20H21NO3S/c22-19(10-4-8-15-6-2-1-3-7-15)21-14-16-11-12-18(25-16)20(23)17-9-5-13-24-17/h1-3,5-7,9,11-13,20,23H,4,8,10,14H2,(H,21,22). The Morgan fingerprint density at radius 3 is 2.72 bits per heavy atom. The van der Waals surface area contributed by atoms with Gasteiger partial charge in [-0.15, -0.1) is 11.3 Å². The van der Waals surface area contributed by atoms with Crippen LogP contribution < -0.4 is 5.32 Å². The molecule has 0 saturated heterocycles. The van der Waals surface area contributed by atoms with Crippen LogP contribution in [0.5, 0.6) is 0 Å². The first-order valence-electron chi connectivity index (χ1n) is 8.33. The molecular formula is C20H21NO3S. The van der Waals surface area contributed by atoms with Crippen LogP contribution in [0.4, 0.5) is 0 Å². The molecule has 1 atom stereocenters. The van der Waals surface area contributed by atoms with Gasteiger partial charge in [-0.25, -0.2) is 0 Å². The molecule has 0 saturated carbocycles. The van der Waals surface area contributed by atoms with Crippen LogP contribution in [0.1, 0.15) is 40.0 Å². The van der Waals surface area contributed by atoms with Gasteiger partial charge in [0.1, 0.15) is 11.9 Å². The molecule has 130 valence electrons. The van der Waals surface area contributed by atoms with Crippen molar-refractivity contribution in [2.45, 2.75) is 31.9 Å². The molecule has 0 aliphatic heterocycles. The Bertz CT molecular complexity index is 780. The van der Waals surface area contributed by atoms with Crippen molar-refractivity contribution in [3.8, 4) is 0 Å². The lowest BCUT2D eigenvalue weighted by molar-refractivity contribution is -0.121. The Hall–Kier alpha value is -2.37. The smallest absolute Gasteiger partial charge is 0.220 e. The second kappa shape index (κ2) is 8.65. The van der Waals surface area contributed by atoms with Crippen molar-refractivity contribution in [2.75, 3.05) is 0 Å². The van der Waals surface area contributed by atoms with Gasteiger partial charge >= 0.3 is 0 Å². The summed E-state index contributed by atoms with van der Waals surface area (Å²) in [6, 6.07) is 17.5. The summed E-state index contributed by atoms with van der Waals surface area (Å²) in [5, 5.41) is 13.2. The van der Waals surface area contributed by atoms with E-state index < -0.39 is 6.10 Å². The first kappa shape index (κ1) is 17.5. The highest BCUT2D eigenvalue weighted by Crippen LogP contribution is 2.28. The number of amides is 1. The summed E-state index contributed by atoms with van der Waals surface area (Å²) < 4.78 is 5.22. The highest BCUT2D eigenvalue weighted by atomic mass is 32.1. The molecule has 2 heterocycles. The average molecular weight is 355 g/mol. The van der Waals surface area contributed by atoms with E-state index in [4.69, 9.17) is 4.42 Å². The van der Waals surface area contributed by atoms with E-state index in [-0.39, 0.29) is 5.91 Å². The number of benzene rings is 1. The predicted octanol–water partition coefficient (Wildman–Crippen LogP) is 4.06. The number of aliphatic hydroxyl groups is 1. The first-order chi connectivity index (χ1) is 12.2. The number of aryl methyl sites for hydroxylation is 1. The van der Waals surface area contributed by atoms with Gasteiger partial charge in [0, 0.05) is 16.2 Å². The van der Waals surface area contributed by atoms with Crippen LogP contribution in [0, 0.1) is 0 Å². The second-order valence-electron chi connectivity index (χ2n) is 5.84. The highest BCUT2D eigenvalue weighted by Gasteiger charge is 2.15. The Balaban J connectivity index is 1.42. The number of hydrogen-bond donors (Lipinski definition) is 2. The SMILES string of the molecule is O=C(CCCc1ccccc1)NCc1ccc(C(O)c2ccco2)s1. The molecule has 4 nitrogen and oxygen atoms in total. The fourth-order valence-electron chi connectivity index (χ4n) is 2.60. The van der Waals surface area contributed by atoms with Gasteiger partial charge in [-0.1, -0.05) is 30.3 Å². The van der Waals surface area contributed by atoms with E-state index in [1.54, 1.807) is 18.4 Å². The molecule has 1 unspecified atom stereocenters. The summed E-state index contributed by atoms with van der Waals surface area (Å²) in [6.45, 7) is 0.486. The van der Waals surface area contributed by atoms with Gasteiger partial charge < -0.3 is 14.8 Å². The van der Waals surface area contributed by atoms with Crippen molar-refractivity contribution in [3.63, 3.8) is 0 Å². The molecule has 0 aliphatic carbocycles. The predicted molar refractivity (Wildman–Crippen MR) is 98.3 cm³/mol. The number of rotatable bonds is 8. The minimum Gasteiger partial charge on any atom is -0.466 e. The molecule has 0 radical (unpaired) electrons. The molecule has 5 heteroatoms. The van der Waals surface area contributed by atoms with Gasteiger partial charge in [0.25, 0.3) is 0 Å². The third-order valence-corrected chi connectivity index (χ3v) is 5.07. The lowest BCUT2D eigenvalue weighted by Gasteiger charge is -2.05. The van der Waals surface area contributed by atoms with Gasteiger partial charge in [-0.05, 0) is 42.7 Å². The third-order valence-electron chi connectivity index (χ3n) is 3.94. The van der Waals surface area contributed by atoms with Crippen molar-refractivity contribution >= 4 is 17.2 Å². The number of hydrogen-bond acceptors (Lipinski definition) is 4. The summed E-state index contributed by atoms with van der Waals surface area (Å²) in [7, 11) is 0. The number of thiophene rings is 1. The van der Waals surface area contributed by atoms with Crippen LogP contribution in [-0.2, 0) is 17.8 Å². The molecule has 0 spiro atoms. The highest BCUT2D eigenvalue weighted by molar-refractivity contribution is 7.12. The zero-order valence-electron chi connectivity index (χ0n) is 13.9. The molecule has 0 fully saturated rings. The summed E-state index contributed by atoms with van der Waals surface area (Å²) >= 11 is 1.48. The Kier molecular flexibility index (Phi) is 6.04. The minimum absolute atomic E-state index is 0.0532. The molecule has 1 amide bonds. The molecule has 3 rings (SSSR count). The third kappa shape index (κ3) is 5.05. The molecule has 0 bridgehead atoms. The minimum atomic E-state index is -0.754. The van der Waals surface area contributed by atoms with Crippen LogP contribution >= 0.6 is 11.3 Å². The largest absolute Gasteiger partial charge is 0.466 e. The van der Waals surface area contributed by atoms with Crippen molar-refractivity contribution in [2.24, 2.45) is 0 Å². The monoisotopic (exact) mass is 355 g/mol. The van der Waals surface area contributed by atoms with Gasteiger partial charge in [0.05, 0.1) is 12.8 Å². The van der Waals surface area contributed by atoms with Gasteiger partial charge in [-0.2, -0.15) is 0 Å². The Morgan fingerprint density at radius 2 is 1.96 bits per heavy atom. The van der Waals surface area contributed by atoms with Crippen molar-refractivity contribution < 1.29 is 14.3 Å². The number of furan rings is 1. The number of carbonyl (C=O) groups is 1. The van der Waals surface area contributed by atoms with E-state index >= 15 is 0 Å². The van der Waals surface area contributed by atoms with E-state index in [1.165, 1.54) is 16.9 Å². The second-order valence-corrected chi connectivity index (χ2v) is 7.04. The fourth-order valence-corrected chi connectivity index (χ4v) is 3.54. The van der Waals surface area contributed by atoms with Gasteiger partial charge in [-0.3, -0.25) is 4.79 Å². The summed E-state index contributed by atoms with van der Waals surface area (Å²) in [5.41, 5.74) is 1.25. The lowest BCUT2D eigenvalue weighted by atomic mass is 10.1. The molecule has 0 aliphatic rings. The van der Waals surface area contributed by atoms with Crippen molar-refractivity contribution in [1.82, 2.24) is 5.32 Å². The number of nitrogens with one attached hydrogen (secondary N) is 1. The maximum absolute atomic E-state index is 12.0. The van der Waals surface area contributed by atoms with Crippen molar-refractivity contribution in [3.05, 3.63) is 81.9 Å². The number of carbonyl (C=O) groups excluding carboxylic acids is 1. The lowest BCUT2D eigenvalue weighted by Crippen LogP contribution is -2.21. The van der Waals surface area contributed by atoms with E-state index in [9.17, 15) is 9.90 Å². The van der Waals surface area contributed by atoms with Crippen LogP contribution in [0.2, 0.25) is 0 Å². The summed E-state index contributed by atoms with van der Waals surface area (Å²) in [5.74, 6) is 0.579. The quantitative estimate of drug-likeness (QED) is 0.640. The van der Waals surface area contributed by atoms with Crippen LogP contribution in [0.25, 0.3) is 0 Å². The molecule has 1 aromatic carbocycles. The van der Waals surface area contributed by atoms with Gasteiger partial charge in [0.15, 0.2) is 0 Å². The summed E-state index contributed by atoms with van der Waals surface area (Å²) in [4.78, 5) is 13.8. The van der Waals surface area contributed by atoms with Crippen LogP contribution in [0.3, 0.4) is 0 Å². The normalized spacial score (nSPS) is 12.0. The molecule has 2 aromatic heterocycles. The number of aliphatic hydroxyl groups excluding tert-OH is 1. The van der Waals surface area contributed by atoms with Crippen LogP contribution in [-0.4, -0.2) is 11.0 Å². The first-order valence-corrected chi connectivity index (χ1v) is 9.15. The van der Waals surface area contributed by atoms with E-state index in [2.05, 4.69) is 17.4 Å². The molecule has 2 N–H and O–H groups in total. The zero-order valence-corrected chi connectivity index (χ0v) is 14.7. The van der Waals surface area contributed by atoms with Gasteiger partial charge in [0.2, 0.25) is 5.91 Å². The fraction of sp³-hybridized carbons (Fsp3) is 0.250. The molecule has 3 aromatic rings. The maximum atomic E-state index is 12.0. The topological polar surface area (TPSA) is 62.5 Å². The summed E-state index contributed by atoms with van der Waals surface area (Å²) in [6.07, 6.45) is 3.05. The average Bonchev–Trinajstić information content (AvgIpc) is 3.32. The molecular weight excluding hydrogens is 334 g/mol. The zero-order chi connectivity index (χ0) is 17.5. The van der Waals surface area contributed by atoms with E-state index in [0.29, 0.717) is 18.7 Å². The van der Waals surface area contributed by atoms with Crippen LogP contribution in [0.15, 0.2) is 65.3 Å². The Labute approximate surface area is 151 Å². The Morgan fingerprint density at radius 1 is 1.12 bits per heavy atom.